The smallest absolute Gasteiger partial charge is 0.317 e. The molecule has 1 saturated carbocycles. The van der Waals surface area contributed by atoms with Crippen LogP contribution in [0.2, 0.25) is 0 Å². The van der Waals surface area contributed by atoms with E-state index >= 15 is 0 Å². The van der Waals surface area contributed by atoms with Gasteiger partial charge in [0.25, 0.3) is 0 Å². The van der Waals surface area contributed by atoms with Gasteiger partial charge in [-0.3, -0.25) is 4.90 Å². The molecule has 0 aromatic heterocycles. The number of piperazine rings is 1. The number of urea groups is 1. The Morgan fingerprint density at radius 3 is 2.37 bits per heavy atom. The molecule has 0 spiro atoms. The van der Waals surface area contributed by atoms with Gasteiger partial charge in [0, 0.05) is 50.2 Å². The number of rotatable bonds is 7. The second-order valence-electron chi connectivity index (χ2n) is 8.25. The van der Waals surface area contributed by atoms with Crippen LogP contribution in [-0.4, -0.2) is 62.8 Å². The van der Waals surface area contributed by atoms with E-state index in [1.165, 1.54) is 5.56 Å². The Kier molecular flexibility index (Phi) is 6.13. The number of carbonyl (C=O) groups is 1. The zero-order chi connectivity index (χ0) is 21.0. The van der Waals surface area contributed by atoms with E-state index in [2.05, 4.69) is 34.5 Å². The van der Waals surface area contributed by atoms with Crippen molar-refractivity contribution in [3.63, 3.8) is 0 Å². The maximum atomic E-state index is 12.7. The van der Waals surface area contributed by atoms with Crippen LogP contribution in [0.3, 0.4) is 0 Å². The second kappa shape index (κ2) is 8.96. The number of ether oxygens (including phenoxy) is 2. The highest BCUT2D eigenvalue weighted by Crippen LogP contribution is 2.47. The second-order valence-corrected chi connectivity index (χ2v) is 8.25. The fourth-order valence-corrected chi connectivity index (χ4v) is 4.22. The van der Waals surface area contributed by atoms with Crippen molar-refractivity contribution in [3.8, 4) is 11.5 Å². The summed E-state index contributed by atoms with van der Waals surface area (Å²) in [6.07, 6.45) is 2.29. The van der Waals surface area contributed by atoms with Crippen LogP contribution in [0.5, 0.6) is 11.5 Å². The van der Waals surface area contributed by atoms with Gasteiger partial charge >= 0.3 is 6.03 Å². The minimum Gasteiger partial charge on any atom is -0.497 e. The summed E-state index contributed by atoms with van der Waals surface area (Å²) >= 11 is 0. The Morgan fingerprint density at radius 1 is 1.00 bits per heavy atom. The zero-order valence-electron chi connectivity index (χ0n) is 17.9. The number of nitrogens with zero attached hydrogens (tertiary/aromatic N) is 2. The van der Waals surface area contributed by atoms with E-state index < -0.39 is 0 Å². The third kappa shape index (κ3) is 4.54. The van der Waals surface area contributed by atoms with Crippen LogP contribution in [0.25, 0.3) is 0 Å². The lowest BCUT2D eigenvalue weighted by Gasteiger charge is -2.35. The standard InChI is InChI=1S/C24H31N3O3/c1-29-21-8-9-22(30-2)19(16-21)17-26-12-14-27(15-13-26)23(28)25-18-24(10-11-24)20-6-4-3-5-7-20/h3-9,16H,10-15,17-18H2,1-2H3,(H,25,28). The van der Waals surface area contributed by atoms with E-state index in [4.69, 9.17) is 9.47 Å². The summed E-state index contributed by atoms with van der Waals surface area (Å²) < 4.78 is 10.8. The molecule has 2 aromatic carbocycles. The van der Waals surface area contributed by atoms with E-state index in [1.54, 1.807) is 14.2 Å². The molecule has 0 bridgehead atoms. The molecule has 30 heavy (non-hydrogen) atoms. The summed E-state index contributed by atoms with van der Waals surface area (Å²) in [5.74, 6) is 1.70. The fraction of sp³-hybridized carbons (Fsp3) is 0.458. The molecule has 2 fully saturated rings. The molecule has 1 aliphatic carbocycles. The molecule has 4 rings (SSSR count). The van der Waals surface area contributed by atoms with Crippen molar-refractivity contribution in [2.45, 2.75) is 24.8 Å². The number of hydrogen-bond acceptors (Lipinski definition) is 4. The van der Waals surface area contributed by atoms with Gasteiger partial charge in [0.2, 0.25) is 0 Å². The van der Waals surface area contributed by atoms with Crippen LogP contribution in [-0.2, 0) is 12.0 Å². The molecule has 1 saturated heterocycles. The van der Waals surface area contributed by atoms with E-state index in [0.717, 1.165) is 69.2 Å². The summed E-state index contributed by atoms with van der Waals surface area (Å²) in [7, 11) is 3.36. The van der Waals surface area contributed by atoms with Crippen LogP contribution in [0, 0.1) is 0 Å². The molecule has 0 atom stereocenters. The predicted octanol–water partition coefficient (Wildman–Crippen LogP) is 3.26. The van der Waals surface area contributed by atoms with Gasteiger partial charge in [-0.1, -0.05) is 30.3 Å². The molecule has 1 heterocycles. The Morgan fingerprint density at radius 2 is 1.73 bits per heavy atom. The highest BCUT2D eigenvalue weighted by molar-refractivity contribution is 5.74. The number of nitrogens with one attached hydrogen (secondary N) is 1. The van der Waals surface area contributed by atoms with E-state index in [0.29, 0.717) is 0 Å². The maximum absolute atomic E-state index is 12.7. The SMILES string of the molecule is COc1ccc(OC)c(CN2CCN(C(=O)NCC3(c4ccccc4)CC3)CC2)c1. The molecule has 0 unspecified atom stereocenters. The quantitative estimate of drug-likeness (QED) is 0.763. The Balaban J connectivity index is 1.27. The van der Waals surface area contributed by atoms with E-state index in [-0.39, 0.29) is 11.4 Å². The van der Waals surface area contributed by atoms with Crippen molar-refractivity contribution in [2.75, 3.05) is 46.9 Å². The van der Waals surface area contributed by atoms with E-state index in [9.17, 15) is 4.79 Å². The lowest BCUT2D eigenvalue weighted by Crippen LogP contribution is -2.52. The van der Waals surface area contributed by atoms with Crippen molar-refractivity contribution in [1.29, 1.82) is 0 Å². The van der Waals surface area contributed by atoms with Gasteiger partial charge in [0.1, 0.15) is 11.5 Å². The van der Waals surface area contributed by atoms with Crippen LogP contribution in [0.15, 0.2) is 48.5 Å². The molecule has 160 valence electrons. The van der Waals surface area contributed by atoms with Crippen LogP contribution < -0.4 is 14.8 Å². The lowest BCUT2D eigenvalue weighted by atomic mass is 9.96. The first kappa shape index (κ1) is 20.5. The molecule has 6 nitrogen and oxygen atoms in total. The van der Waals surface area contributed by atoms with Gasteiger partial charge in [-0.25, -0.2) is 4.79 Å². The maximum Gasteiger partial charge on any atom is 0.317 e. The highest BCUT2D eigenvalue weighted by atomic mass is 16.5. The molecule has 1 aliphatic heterocycles. The summed E-state index contributed by atoms with van der Waals surface area (Å²) in [6, 6.07) is 16.5. The number of methoxy groups -OCH3 is 2. The van der Waals surface area contributed by atoms with Gasteiger partial charge in [-0.05, 0) is 36.6 Å². The van der Waals surface area contributed by atoms with Gasteiger partial charge in [0.05, 0.1) is 14.2 Å². The van der Waals surface area contributed by atoms with Gasteiger partial charge in [-0.15, -0.1) is 0 Å². The Labute approximate surface area is 178 Å². The minimum atomic E-state index is 0.0517. The topological polar surface area (TPSA) is 54.0 Å². The van der Waals surface area contributed by atoms with Crippen LogP contribution in [0.1, 0.15) is 24.0 Å². The number of carbonyl (C=O) groups excluding carboxylic acids is 1. The van der Waals surface area contributed by atoms with Crippen molar-refractivity contribution >= 4 is 6.03 Å². The molecule has 6 heteroatoms. The van der Waals surface area contributed by atoms with Crippen molar-refractivity contribution < 1.29 is 14.3 Å². The highest BCUT2D eigenvalue weighted by Gasteiger charge is 2.44. The number of benzene rings is 2. The predicted molar refractivity (Wildman–Crippen MR) is 117 cm³/mol. The summed E-state index contributed by atoms with van der Waals surface area (Å²) in [5.41, 5.74) is 2.58. The first-order valence-corrected chi connectivity index (χ1v) is 10.7. The summed E-state index contributed by atoms with van der Waals surface area (Å²) in [6.45, 7) is 4.66. The largest absolute Gasteiger partial charge is 0.497 e. The molecule has 2 aliphatic rings. The van der Waals surface area contributed by atoms with Crippen molar-refractivity contribution in [3.05, 3.63) is 59.7 Å². The Bertz CT molecular complexity index is 859. The zero-order valence-corrected chi connectivity index (χ0v) is 17.9. The number of hydrogen-bond donors (Lipinski definition) is 1. The average Bonchev–Trinajstić information content (AvgIpc) is 3.60. The molecule has 0 radical (unpaired) electrons. The minimum absolute atomic E-state index is 0.0517. The normalized spacial score (nSPS) is 18.0. The monoisotopic (exact) mass is 409 g/mol. The van der Waals surface area contributed by atoms with Gasteiger partial charge in [-0.2, -0.15) is 0 Å². The third-order valence-corrected chi connectivity index (χ3v) is 6.36. The third-order valence-electron chi connectivity index (χ3n) is 6.36. The molecular weight excluding hydrogens is 378 g/mol. The first-order valence-electron chi connectivity index (χ1n) is 10.7. The molecule has 2 amide bonds. The first-order chi connectivity index (χ1) is 14.6. The van der Waals surface area contributed by atoms with Crippen LogP contribution in [0.4, 0.5) is 4.79 Å². The molecule has 1 N–H and O–H groups in total. The van der Waals surface area contributed by atoms with Crippen LogP contribution >= 0.6 is 0 Å². The molecule has 2 aromatic rings. The van der Waals surface area contributed by atoms with Gasteiger partial charge < -0.3 is 19.7 Å². The summed E-state index contributed by atoms with van der Waals surface area (Å²) in [5, 5.41) is 3.18. The lowest BCUT2D eigenvalue weighted by molar-refractivity contribution is 0.134. The van der Waals surface area contributed by atoms with E-state index in [1.807, 2.05) is 29.2 Å². The van der Waals surface area contributed by atoms with Crippen molar-refractivity contribution in [2.24, 2.45) is 0 Å². The molecular formula is C24H31N3O3. The summed E-state index contributed by atoms with van der Waals surface area (Å²) in [4.78, 5) is 17.0. The Hall–Kier alpha value is -2.73. The fourth-order valence-electron chi connectivity index (χ4n) is 4.22. The number of amides is 2. The van der Waals surface area contributed by atoms with Gasteiger partial charge in [0.15, 0.2) is 0 Å². The average molecular weight is 410 g/mol. The van der Waals surface area contributed by atoms with Crippen molar-refractivity contribution in [1.82, 2.24) is 15.1 Å².